The van der Waals surface area contributed by atoms with Crippen LogP contribution in [0.5, 0.6) is 11.5 Å². The van der Waals surface area contributed by atoms with Gasteiger partial charge in [0.2, 0.25) is 0 Å². The third-order valence-electron chi connectivity index (χ3n) is 2.26. The minimum atomic E-state index is -0.104. The Morgan fingerprint density at radius 3 is 2.67 bits per heavy atom. The van der Waals surface area contributed by atoms with E-state index >= 15 is 0 Å². The van der Waals surface area contributed by atoms with Crippen molar-refractivity contribution in [1.29, 1.82) is 0 Å². The second-order valence-electron chi connectivity index (χ2n) is 3.24. The van der Waals surface area contributed by atoms with Crippen molar-refractivity contribution < 1.29 is 9.47 Å². The molecule has 0 aliphatic heterocycles. The second-order valence-corrected chi connectivity index (χ2v) is 3.24. The number of hydrogen-bond acceptors (Lipinski definition) is 3. The van der Waals surface area contributed by atoms with Gasteiger partial charge < -0.3 is 15.2 Å². The first-order chi connectivity index (χ1) is 7.22. The Balaban J connectivity index is 3.04. The van der Waals surface area contributed by atoms with Crippen molar-refractivity contribution in [1.82, 2.24) is 0 Å². The van der Waals surface area contributed by atoms with Crippen molar-refractivity contribution in [2.45, 2.75) is 12.5 Å². The predicted molar refractivity (Wildman–Crippen MR) is 61.3 cm³/mol. The molecule has 0 aliphatic rings. The minimum absolute atomic E-state index is 0.104. The van der Waals surface area contributed by atoms with Crippen LogP contribution in [0.15, 0.2) is 30.9 Å². The summed E-state index contributed by atoms with van der Waals surface area (Å²) in [5, 5.41) is 0. The molecule has 15 heavy (non-hydrogen) atoms. The number of benzene rings is 1. The fourth-order valence-corrected chi connectivity index (χ4v) is 1.44. The van der Waals surface area contributed by atoms with Gasteiger partial charge in [0.15, 0.2) is 0 Å². The standard InChI is InChI=1S/C12H17NO2/c1-4-5-11(13)10-8-9(14-2)6-7-12(10)15-3/h4,6-8,11H,1,5,13H2,2-3H3. The molecule has 0 spiro atoms. The molecule has 0 aliphatic carbocycles. The first-order valence-corrected chi connectivity index (χ1v) is 4.81. The van der Waals surface area contributed by atoms with E-state index in [0.29, 0.717) is 6.42 Å². The SMILES string of the molecule is C=CCC(N)c1cc(OC)ccc1OC. The number of ether oxygens (including phenoxy) is 2. The number of rotatable bonds is 5. The molecule has 0 fully saturated rings. The molecule has 82 valence electrons. The quantitative estimate of drug-likeness (QED) is 0.753. The van der Waals surface area contributed by atoms with Crippen LogP contribution in [0.2, 0.25) is 0 Å². The van der Waals surface area contributed by atoms with E-state index < -0.39 is 0 Å². The van der Waals surface area contributed by atoms with Gasteiger partial charge in [-0.25, -0.2) is 0 Å². The van der Waals surface area contributed by atoms with Crippen LogP contribution >= 0.6 is 0 Å². The minimum Gasteiger partial charge on any atom is -0.497 e. The van der Waals surface area contributed by atoms with Gasteiger partial charge in [-0.05, 0) is 24.6 Å². The third kappa shape index (κ3) is 2.73. The maximum Gasteiger partial charge on any atom is 0.123 e. The lowest BCUT2D eigenvalue weighted by Gasteiger charge is -2.15. The van der Waals surface area contributed by atoms with Gasteiger partial charge in [0.05, 0.1) is 14.2 Å². The molecular formula is C12H17NO2. The summed E-state index contributed by atoms with van der Waals surface area (Å²) in [6.07, 6.45) is 2.51. The van der Waals surface area contributed by atoms with Crippen LogP contribution in [0.1, 0.15) is 18.0 Å². The second kappa shape index (κ2) is 5.41. The summed E-state index contributed by atoms with van der Waals surface area (Å²) < 4.78 is 10.4. The maximum absolute atomic E-state index is 6.00. The molecule has 3 heteroatoms. The van der Waals surface area contributed by atoms with E-state index in [1.165, 1.54) is 0 Å². The van der Waals surface area contributed by atoms with Crippen molar-refractivity contribution in [3.8, 4) is 11.5 Å². The lowest BCUT2D eigenvalue weighted by molar-refractivity contribution is 0.395. The topological polar surface area (TPSA) is 44.5 Å². The highest BCUT2D eigenvalue weighted by Crippen LogP contribution is 2.29. The van der Waals surface area contributed by atoms with Gasteiger partial charge in [-0.3, -0.25) is 0 Å². The highest BCUT2D eigenvalue weighted by molar-refractivity contribution is 5.42. The fourth-order valence-electron chi connectivity index (χ4n) is 1.44. The molecule has 1 rings (SSSR count). The Morgan fingerprint density at radius 1 is 1.40 bits per heavy atom. The molecule has 1 aromatic carbocycles. The van der Waals surface area contributed by atoms with E-state index in [-0.39, 0.29) is 6.04 Å². The fraction of sp³-hybridized carbons (Fsp3) is 0.333. The summed E-state index contributed by atoms with van der Waals surface area (Å²) in [6.45, 7) is 3.67. The number of hydrogen-bond donors (Lipinski definition) is 1. The molecule has 0 radical (unpaired) electrons. The van der Waals surface area contributed by atoms with Crippen molar-refractivity contribution in [3.05, 3.63) is 36.4 Å². The molecule has 0 saturated heterocycles. The first-order valence-electron chi connectivity index (χ1n) is 4.81. The summed E-state index contributed by atoms with van der Waals surface area (Å²) in [5.74, 6) is 1.57. The molecule has 0 heterocycles. The average Bonchev–Trinajstić information content (AvgIpc) is 2.28. The molecule has 1 unspecified atom stereocenters. The van der Waals surface area contributed by atoms with Crippen LogP contribution in [0.3, 0.4) is 0 Å². The molecule has 0 aromatic heterocycles. The van der Waals surface area contributed by atoms with E-state index in [1.807, 2.05) is 18.2 Å². The summed E-state index contributed by atoms with van der Waals surface area (Å²) in [4.78, 5) is 0. The average molecular weight is 207 g/mol. The Hall–Kier alpha value is -1.48. The smallest absolute Gasteiger partial charge is 0.123 e. The molecule has 1 atom stereocenters. The third-order valence-corrected chi connectivity index (χ3v) is 2.26. The first kappa shape index (κ1) is 11.6. The number of nitrogens with two attached hydrogens (primary N) is 1. The van der Waals surface area contributed by atoms with Crippen molar-refractivity contribution >= 4 is 0 Å². The summed E-state index contributed by atoms with van der Waals surface area (Å²) in [6, 6.07) is 5.50. The molecule has 1 aromatic rings. The van der Waals surface area contributed by atoms with E-state index in [0.717, 1.165) is 17.1 Å². The lowest BCUT2D eigenvalue weighted by atomic mass is 10.0. The summed E-state index contributed by atoms with van der Waals surface area (Å²) >= 11 is 0. The molecular weight excluding hydrogens is 190 g/mol. The van der Waals surface area contributed by atoms with Crippen molar-refractivity contribution in [2.24, 2.45) is 5.73 Å². The van der Waals surface area contributed by atoms with Gasteiger partial charge in [-0.1, -0.05) is 6.08 Å². The molecule has 0 amide bonds. The zero-order chi connectivity index (χ0) is 11.3. The maximum atomic E-state index is 6.00. The van der Waals surface area contributed by atoms with E-state index in [2.05, 4.69) is 6.58 Å². The van der Waals surface area contributed by atoms with Crippen LogP contribution in [-0.4, -0.2) is 14.2 Å². The Kier molecular flexibility index (Phi) is 4.18. The van der Waals surface area contributed by atoms with Crippen LogP contribution in [0.4, 0.5) is 0 Å². The zero-order valence-corrected chi connectivity index (χ0v) is 9.19. The Morgan fingerprint density at radius 2 is 2.13 bits per heavy atom. The van der Waals surface area contributed by atoms with Crippen LogP contribution in [0, 0.1) is 0 Å². The molecule has 0 bridgehead atoms. The van der Waals surface area contributed by atoms with E-state index in [4.69, 9.17) is 15.2 Å². The van der Waals surface area contributed by atoms with Gasteiger partial charge in [0, 0.05) is 11.6 Å². The van der Waals surface area contributed by atoms with Crippen LogP contribution < -0.4 is 15.2 Å². The lowest BCUT2D eigenvalue weighted by Crippen LogP contribution is -2.10. The van der Waals surface area contributed by atoms with Crippen molar-refractivity contribution in [3.63, 3.8) is 0 Å². The van der Waals surface area contributed by atoms with Gasteiger partial charge in [-0.2, -0.15) is 0 Å². The normalized spacial score (nSPS) is 11.9. The number of methoxy groups -OCH3 is 2. The molecule has 3 nitrogen and oxygen atoms in total. The zero-order valence-electron chi connectivity index (χ0n) is 9.19. The van der Waals surface area contributed by atoms with Gasteiger partial charge in [-0.15, -0.1) is 6.58 Å². The highest BCUT2D eigenvalue weighted by atomic mass is 16.5. The summed E-state index contributed by atoms with van der Waals surface area (Å²) in [7, 11) is 3.26. The van der Waals surface area contributed by atoms with Gasteiger partial charge >= 0.3 is 0 Å². The summed E-state index contributed by atoms with van der Waals surface area (Å²) in [5.41, 5.74) is 6.94. The van der Waals surface area contributed by atoms with E-state index in [9.17, 15) is 0 Å². The molecule has 2 N–H and O–H groups in total. The highest BCUT2D eigenvalue weighted by Gasteiger charge is 2.11. The Labute approximate surface area is 90.5 Å². The van der Waals surface area contributed by atoms with Crippen molar-refractivity contribution in [2.75, 3.05) is 14.2 Å². The predicted octanol–water partition coefficient (Wildman–Crippen LogP) is 2.28. The Bertz CT molecular complexity index is 336. The largest absolute Gasteiger partial charge is 0.497 e. The monoisotopic (exact) mass is 207 g/mol. The van der Waals surface area contributed by atoms with Crippen LogP contribution in [-0.2, 0) is 0 Å². The molecule has 0 saturated carbocycles. The van der Waals surface area contributed by atoms with Crippen LogP contribution in [0.25, 0.3) is 0 Å². The van der Waals surface area contributed by atoms with E-state index in [1.54, 1.807) is 20.3 Å². The van der Waals surface area contributed by atoms with Gasteiger partial charge in [0.1, 0.15) is 11.5 Å². The van der Waals surface area contributed by atoms with Gasteiger partial charge in [0.25, 0.3) is 0 Å².